The molecule has 0 radical (unpaired) electrons. The summed E-state index contributed by atoms with van der Waals surface area (Å²) in [5, 5.41) is 11.8. The van der Waals surface area contributed by atoms with E-state index in [1.54, 1.807) is 0 Å². The van der Waals surface area contributed by atoms with Crippen LogP contribution in [0.1, 0.15) is 18.2 Å². The van der Waals surface area contributed by atoms with Crippen molar-refractivity contribution in [2.75, 3.05) is 0 Å². The molecule has 0 bridgehead atoms. The van der Waals surface area contributed by atoms with E-state index in [9.17, 15) is 5.26 Å². The fourth-order valence-electron chi connectivity index (χ4n) is 2.53. The van der Waals surface area contributed by atoms with Crippen LogP contribution >= 0.6 is 0 Å². The normalized spacial score (nSPS) is 11.5. The molecule has 2 heteroatoms. The molecule has 0 fully saturated rings. The standard InChI is InChI=1S/C19H16N2/c1-2-21-11-5-8-19(21)13-18(14-20)17-10-9-15-6-3-4-7-16(15)12-17/h3-13H,2H2,1H3/b18-13-. The summed E-state index contributed by atoms with van der Waals surface area (Å²) < 4.78 is 2.12. The maximum atomic E-state index is 9.49. The summed E-state index contributed by atoms with van der Waals surface area (Å²) in [6.45, 7) is 2.99. The van der Waals surface area contributed by atoms with E-state index in [1.807, 2.05) is 42.6 Å². The predicted octanol–water partition coefficient (Wildman–Crippen LogP) is 4.73. The van der Waals surface area contributed by atoms with Crippen molar-refractivity contribution in [1.29, 1.82) is 5.26 Å². The van der Waals surface area contributed by atoms with E-state index in [-0.39, 0.29) is 0 Å². The molecule has 1 aromatic heterocycles. The molecule has 0 spiro atoms. The van der Waals surface area contributed by atoms with Gasteiger partial charge in [-0.15, -0.1) is 0 Å². The molecule has 0 N–H and O–H groups in total. The van der Waals surface area contributed by atoms with E-state index in [2.05, 4.69) is 41.8 Å². The maximum Gasteiger partial charge on any atom is 0.0998 e. The molecule has 0 aliphatic heterocycles. The van der Waals surface area contributed by atoms with Crippen molar-refractivity contribution >= 4 is 22.4 Å². The van der Waals surface area contributed by atoms with Crippen LogP contribution in [-0.4, -0.2) is 4.57 Å². The number of aryl methyl sites for hydroxylation is 1. The first-order valence-corrected chi connectivity index (χ1v) is 7.08. The largest absolute Gasteiger partial charge is 0.348 e. The minimum Gasteiger partial charge on any atom is -0.348 e. The Labute approximate surface area is 124 Å². The topological polar surface area (TPSA) is 28.7 Å². The Kier molecular flexibility index (Phi) is 3.57. The van der Waals surface area contributed by atoms with Crippen LogP contribution in [0.3, 0.4) is 0 Å². The number of rotatable bonds is 3. The predicted molar refractivity (Wildman–Crippen MR) is 87.5 cm³/mol. The van der Waals surface area contributed by atoms with E-state index in [4.69, 9.17) is 0 Å². The van der Waals surface area contributed by atoms with E-state index in [0.29, 0.717) is 5.57 Å². The molecule has 21 heavy (non-hydrogen) atoms. The zero-order valence-corrected chi connectivity index (χ0v) is 12.0. The first-order valence-electron chi connectivity index (χ1n) is 7.08. The van der Waals surface area contributed by atoms with Gasteiger partial charge in [0, 0.05) is 18.4 Å². The summed E-state index contributed by atoms with van der Waals surface area (Å²) in [7, 11) is 0. The SMILES string of the molecule is CCn1cccc1/C=C(/C#N)c1ccc2ccccc2c1. The second-order valence-corrected chi connectivity index (χ2v) is 4.95. The van der Waals surface area contributed by atoms with E-state index >= 15 is 0 Å². The molecule has 3 rings (SSSR count). The van der Waals surface area contributed by atoms with Gasteiger partial charge in [0.05, 0.1) is 11.6 Å². The lowest BCUT2D eigenvalue weighted by atomic mass is 10.0. The van der Waals surface area contributed by atoms with Gasteiger partial charge in [0.2, 0.25) is 0 Å². The van der Waals surface area contributed by atoms with Gasteiger partial charge in [0.25, 0.3) is 0 Å². The summed E-state index contributed by atoms with van der Waals surface area (Å²) in [4.78, 5) is 0. The summed E-state index contributed by atoms with van der Waals surface area (Å²) >= 11 is 0. The van der Waals surface area contributed by atoms with Gasteiger partial charge in [-0.3, -0.25) is 0 Å². The van der Waals surface area contributed by atoms with Crippen molar-refractivity contribution < 1.29 is 0 Å². The molecule has 0 aliphatic carbocycles. The summed E-state index contributed by atoms with van der Waals surface area (Å²) in [6.07, 6.45) is 3.98. The molecule has 0 atom stereocenters. The van der Waals surface area contributed by atoms with Crippen LogP contribution in [0.4, 0.5) is 0 Å². The zero-order chi connectivity index (χ0) is 14.7. The molecular formula is C19H16N2. The lowest BCUT2D eigenvalue weighted by molar-refractivity contribution is 0.762. The second kappa shape index (κ2) is 5.68. The highest BCUT2D eigenvalue weighted by Gasteiger charge is 2.04. The van der Waals surface area contributed by atoms with Crippen LogP contribution in [0, 0.1) is 11.3 Å². The van der Waals surface area contributed by atoms with Crippen LogP contribution in [0.15, 0.2) is 60.8 Å². The number of nitriles is 1. The molecule has 2 nitrogen and oxygen atoms in total. The van der Waals surface area contributed by atoms with Gasteiger partial charge in [-0.25, -0.2) is 0 Å². The molecule has 0 saturated carbocycles. The smallest absolute Gasteiger partial charge is 0.0998 e. The van der Waals surface area contributed by atoms with Crippen molar-refractivity contribution in [2.24, 2.45) is 0 Å². The lowest BCUT2D eigenvalue weighted by Gasteiger charge is -2.05. The number of fused-ring (bicyclic) bond motifs is 1. The average molecular weight is 272 g/mol. The Bertz CT molecular complexity index is 847. The highest BCUT2D eigenvalue weighted by Crippen LogP contribution is 2.23. The Balaban J connectivity index is 2.08. The molecule has 0 unspecified atom stereocenters. The van der Waals surface area contributed by atoms with Gasteiger partial charge in [0.1, 0.15) is 0 Å². The zero-order valence-electron chi connectivity index (χ0n) is 12.0. The highest BCUT2D eigenvalue weighted by molar-refractivity contribution is 5.93. The Morgan fingerprint density at radius 3 is 2.67 bits per heavy atom. The fourth-order valence-corrected chi connectivity index (χ4v) is 2.53. The van der Waals surface area contributed by atoms with Gasteiger partial charge >= 0.3 is 0 Å². The number of hydrogen-bond acceptors (Lipinski definition) is 1. The monoisotopic (exact) mass is 272 g/mol. The fraction of sp³-hybridized carbons (Fsp3) is 0.105. The Morgan fingerprint density at radius 2 is 1.90 bits per heavy atom. The van der Waals surface area contributed by atoms with Crippen LogP contribution in [0.2, 0.25) is 0 Å². The first kappa shape index (κ1) is 13.2. The van der Waals surface area contributed by atoms with Crippen molar-refractivity contribution in [3.63, 3.8) is 0 Å². The Morgan fingerprint density at radius 1 is 1.10 bits per heavy atom. The highest BCUT2D eigenvalue weighted by atomic mass is 14.9. The van der Waals surface area contributed by atoms with Crippen LogP contribution in [-0.2, 0) is 6.54 Å². The van der Waals surface area contributed by atoms with Crippen molar-refractivity contribution in [3.05, 3.63) is 72.1 Å². The van der Waals surface area contributed by atoms with Crippen molar-refractivity contribution in [1.82, 2.24) is 4.57 Å². The first-order chi connectivity index (χ1) is 10.3. The molecule has 102 valence electrons. The van der Waals surface area contributed by atoms with E-state index in [1.165, 1.54) is 5.39 Å². The minimum absolute atomic E-state index is 0.689. The van der Waals surface area contributed by atoms with Crippen molar-refractivity contribution in [3.8, 4) is 6.07 Å². The number of nitrogens with zero attached hydrogens (tertiary/aromatic N) is 2. The lowest BCUT2D eigenvalue weighted by Crippen LogP contribution is -1.94. The average Bonchev–Trinajstić information content (AvgIpc) is 2.99. The summed E-state index contributed by atoms with van der Waals surface area (Å²) in [6, 6.07) is 20.7. The molecule has 2 aromatic carbocycles. The quantitative estimate of drug-likeness (QED) is 0.634. The number of hydrogen-bond donors (Lipinski definition) is 0. The van der Waals surface area contributed by atoms with E-state index < -0.39 is 0 Å². The minimum atomic E-state index is 0.689. The summed E-state index contributed by atoms with van der Waals surface area (Å²) in [5.41, 5.74) is 2.71. The van der Waals surface area contributed by atoms with E-state index in [0.717, 1.165) is 23.2 Å². The number of benzene rings is 2. The molecular weight excluding hydrogens is 256 g/mol. The van der Waals surface area contributed by atoms with Gasteiger partial charge < -0.3 is 4.57 Å². The third-order valence-corrected chi connectivity index (χ3v) is 3.68. The second-order valence-electron chi connectivity index (χ2n) is 4.95. The van der Waals surface area contributed by atoms with Crippen LogP contribution in [0.25, 0.3) is 22.4 Å². The van der Waals surface area contributed by atoms with Gasteiger partial charge in [-0.05, 0) is 47.5 Å². The molecule has 0 saturated heterocycles. The molecule has 3 aromatic rings. The van der Waals surface area contributed by atoms with Gasteiger partial charge in [-0.1, -0.05) is 36.4 Å². The van der Waals surface area contributed by atoms with Crippen LogP contribution < -0.4 is 0 Å². The maximum absolute atomic E-state index is 9.49. The van der Waals surface area contributed by atoms with Gasteiger partial charge in [0.15, 0.2) is 0 Å². The number of allylic oxidation sites excluding steroid dienone is 1. The van der Waals surface area contributed by atoms with Crippen molar-refractivity contribution in [2.45, 2.75) is 13.5 Å². The Hall–Kier alpha value is -2.79. The molecule has 0 amide bonds. The summed E-state index contributed by atoms with van der Waals surface area (Å²) in [5.74, 6) is 0. The van der Waals surface area contributed by atoms with Gasteiger partial charge in [-0.2, -0.15) is 5.26 Å². The van der Waals surface area contributed by atoms with Crippen LogP contribution in [0.5, 0.6) is 0 Å². The molecule has 1 heterocycles. The third kappa shape index (κ3) is 2.59. The molecule has 0 aliphatic rings. The number of aromatic nitrogens is 1. The third-order valence-electron chi connectivity index (χ3n) is 3.68.